The summed E-state index contributed by atoms with van der Waals surface area (Å²) in [6.45, 7) is 4.77. The van der Waals surface area contributed by atoms with Gasteiger partial charge in [-0.2, -0.15) is 0 Å². The van der Waals surface area contributed by atoms with Gasteiger partial charge in [0.25, 0.3) is 5.91 Å². The molecule has 2 amide bonds. The Kier molecular flexibility index (Phi) is 10.2. The van der Waals surface area contributed by atoms with Crippen molar-refractivity contribution in [2.45, 2.75) is 39.3 Å². The molecular formula is C22H31N3O7. The number of nitrogens with zero attached hydrogens (tertiary/aromatic N) is 1. The van der Waals surface area contributed by atoms with Crippen molar-refractivity contribution in [1.29, 1.82) is 0 Å². The molecule has 1 aromatic heterocycles. The molecule has 0 aliphatic carbocycles. The van der Waals surface area contributed by atoms with Crippen molar-refractivity contribution < 1.29 is 33.4 Å². The van der Waals surface area contributed by atoms with Crippen LogP contribution < -0.4 is 10.6 Å². The van der Waals surface area contributed by atoms with E-state index in [1.165, 1.54) is 0 Å². The van der Waals surface area contributed by atoms with Crippen LogP contribution in [-0.2, 0) is 41.6 Å². The Morgan fingerprint density at radius 3 is 2.69 bits per heavy atom. The first-order valence-corrected chi connectivity index (χ1v) is 10.6. The van der Waals surface area contributed by atoms with Gasteiger partial charge in [-0.05, 0) is 30.0 Å². The smallest absolute Gasteiger partial charge is 0.407 e. The number of amides is 2. The van der Waals surface area contributed by atoms with E-state index in [1.54, 1.807) is 39.3 Å². The number of carbonyl (C=O) groups excluding carboxylic acids is 4. The molecule has 0 spiro atoms. The molecule has 176 valence electrons. The lowest BCUT2D eigenvalue weighted by molar-refractivity contribution is -0.141. The molecule has 0 radical (unpaired) electrons. The number of methoxy groups -OCH3 is 1. The first-order valence-electron chi connectivity index (χ1n) is 10.6. The van der Waals surface area contributed by atoms with E-state index in [0.29, 0.717) is 18.9 Å². The number of nitrogens with one attached hydrogen (secondary N) is 2. The normalized spacial score (nSPS) is 17.1. The van der Waals surface area contributed by atoms with E-state index in [1.807, 2.05) is 0 Å². The fourth-order valence-electron chi connectivity index (χ4n) is 3.33. The summed E-state index contributed by atoms with van der Waals surface area (Å²) in [5.41, 5.74) is 1.46. The zero-order valence-corrected chi connectivity index (χ0v) is 18.7. The van der Waals surface area contributed by atoms with Gasteiger partial charge in [0, 0.05) is 25.6 Å². The van der Waals surface area contributed by atoms with Crippen LogP contribution in [0.1, 0.15) is 31.5 Å². The van der Waals surface area contributed by atoms with Crippen LogP contribution in [0.5, 0.6) is 0 Å². The molecule has 1 aromatic rings. The molecule has 0 fully saturated rings. The Labute approximate surface area is 187 Å². The fourth-order valence-corrected chi connectivity index (χ4v) is 3.33. The van der Waals surface area contributed by atoms with Gasteiger partial charge in [0.2, 0.25) is 5.78 Å². The van der Waals surface area contributed by atoms with Gasteiger partial charge >= 0.3 is 6.09 Å². The molecule has 0 saturated heterocycles. The summed E-state index contributed by atoms with van der Waals surface area (Å²) in [5, 5.41) is 5.11. The van der Waals surface area contributed by atoms with Gasteiger partial charge < -0.3 is 24.8 Å². The van der Waals surface area contributed by atoms with Crippen molar-refractivity contribution in [2.75, 3.05) is 33.5 Å². The molecule has 10 heteroatoms. The Morgan fingerprint density at radius 1 is 1.22 bits per heavy atom. The summed E-state index contributed by atoms with van der Waals surface area (Å²) in [6.07, 6.45) is 0.929. The molecule has 1 aliphatic rings. The van der Waals surface area contributed by atoms with Crippen molar-refractivity contribution in [3.63, 3.8) is 0 Å². The predicted molar refractivity (Wildman–Crippen MR) is 114 cm³/mol. The Hall–Kier alpha value is -2.85. The van der Waals surface area contributed by atoms with Gasteiger partial charge in [0.05, 0.1) is 38.1 Å². The molecular weight excluding hydrogens is 418 g/mol. The first-order chi connectivity index (χ1) is 15.3. The van der Waals surface area contributed by atoms with Crippen LogP contribution in [0.15, 0.2) is 18.3 Å². The van der Waals surface area contributed by atoms with E-state index in [2.05, 4.69) is 15.6 Å². The Bertz CT molecular complexity index is 812. The summed E-state index contributed by atoms with van der Waals surface area (Å²) in [6, 6.07) is 2.71. The van der Waals surface area contributed by atoms with E-state index in [-0.39, 0.29) is 44.3 Å². The molecule has 1 aliphatic heterocycles. The van der Waals surface area contributed by atoms with E-state index in [9.17, 15) is 19.2 Å². The minimum absolute atomic E-state index is 0.0280. The van der Waals surface area contributed by atoms with E-state index in [4.69, 9.17) is 14.2 Å². The van der Waals surface area contributed by atoms with E-state index < -0.39 is 29.7 Å². The van der Waals surface area contributed by atoms with Crippen LogP contribution in [0, 0.1) is 11.8 Å². The highest BCUT2D eigenvalue weighted by Gasteiger charge is 2.33. The number of aromatic nitrogens is 1. The SMILES string of the molecule is COCCOCCOC(=O)NC(C(=O)CC1Cc2ccnc(c2)CNC(=O)C1=O)C(C)C. The third-order valence-corrected chi connectivity index (χ3v) is 5.01. The largest absolute Gasteiger partial charge is 0.447 e. The lowest BCUT2D eigenvalue weighted by Crippen LogP contribution is -2.46. The Morgan fingerprint density at radius 2 is 1.97 bits per heavy atom. The molecule has 2 bridgehead atoms. The van der Waals surface area contributed by atoms with Gasteiger partial charge in [0.15, 0.2) is 5.78 Å². The van der Waals surface area contributed by atoms with Gasteiger partial charge in [-0.15, -0.1) is 0 Å². The van der Waals surface area contributed by atoms with Gasteiger partial charge in [0.1, 0.15) is 6.61 Å². The zero-order valence-electron chi connectivity index (χ0n) is 18.7. The first kappa shape index (κ1) is 25.4. The average molecular weight is 450 g/mol. The number of hydrogen-bond acceptors (Lipinski definition) is 8. The number of carbonyl (C=O) groups is 4. The quantitative estimate of drug-likeness (QED) is 0.375. The molecule has 2 unspecified atom stereocenters. The molecule has 2 rings (SSSR count). The van der Waals surface area contributed by atoms with Crippen LogP contribution in [-0.4, -0.2) is 68.1 Å². The monoisotopic (exact) mass is 449 g/mol. The summed E-state index contributed by atoms with van der Waals surface area (Å²) in [7, 11) is 1.56. The van der Waals surface area contributed by atoms with Gasteiger partial charge in [-0.25, -0.2) is 4.79 Å². The number of Topliss-reactive ketones (excluding diaryl/α,β-unsaturated/α-hetero) is 2. The van der Waals surface area contributed by atoms with Crippen molar-refractivity contribution in [1.82, 2.24) is 15.6 Å². The molecule has 32 heavy (non-hydrogen) atoms. The van der Waals surface area contributed by atoms with Crippen molar-refractivity contribution in [2.24, 2.45) is 11.8 Å². The summed E-state index contributed by atoms with van der Waals surface area (Å²) < 4.78 is 15.1. The second-order valence-electron chi connectivity index (χ2n) is 7.88. The summed E-state index contributed by atoms with van der Waals surface area (Å²) in [5.74, 6) is -2.80. The van der Waals surface area contributed by atoms with Crippen LogP contribution in [0.4, 0.5) is 4.79 Å². The molecule has 10 nitrogen and oxygen atoms in total. The second-order valence-corrected chi connectivity index (χ2v) is 7.88. The summed E-state index contributed by atoms with van der Waals surface area (Å²) >= 11 is 0. The topological polar surface area (TPSA) is 133 Å². The number of ether oxygens (including phenoxy) is 3. The number of hydrogen-bond donors (Lipinski definition) is 2. The highest BCUT2D eigenvalue weighted by atomic mass is 16.6. The van der Waals surface area contributed by atoms with Crippen molar-refractivity contribution >= 4 is 23.6 Å². The van der Waals surface area contributed by atoms with Crippen LogP contribution in [0.25, 0.3) is 0 Å². The fraction of sp³-hybridized carbons (Fsp3) is 0.591. The van der Waals surface area contributed by atoms with Crippen LogP contribution in [0.2, 0.25) is 0 Å². The molecule has 0 aromatic carbocycles. The highest BCUT2D eigenvalue weighted by molar-refractivity contribution is 6.37. The third-order valence-electron chi connectivity index (χ3n) is 5.01. The highest BCUT2D eigenvalue weighted by Crippen LogP contribution is 2.19. The van der Waals surface area contributed by atoms with Crippen LogP contribution in [0.3, 0.4) is 0 Å². The maximum atomic E-state index is 13.0. The Balaban J connectivity index is 1.97. The molecule has 0 saturated carbocycles. The average Bonchev–Trinajstić information content (AvgIpc) is 2.79. The van der Waals surface area contributed by atoms with E-state index in [0.717, 1.165) is 5.56 Å². The maximum Gasteiger partial charge on any atom is 0.407 e. The minimum atomic E-state index is -0.853. The lowest BCUT2D eigenvalue weighted by Gasteiger charge is -2.23. The maximum absolute atomic E-state index is 13.0. The zero-order chi connectivity index (χ0) is 23.5. The van der Waals surface area contributed by atoms with Crippen molar-refractivity contribution in [3.8, 4) is 0 Å². The van der Waals surface area contributed by atoms with E-state index >= 15 is 0 Å². The standard InChI is InChI=1S/C22H31N3O7/c1-14(2)19(25-22(29)32-9-8-31-7-6-30-3)18(26)12-16-10-15-4-5-23-17(11-15)13-24-21(28)20(16)27/h4-5,11,14,16,19H,6-10,12-13H2,1-3H3,(H,24,28)(H,25,29). The number of pyridine rings is 1. The summed E-state index contributed by atoms with van der Waals surface area (Å²) in [4.78, 5) is 54.1. The molecule has 2 heterocycles. The van der Waals surface area contributed by atoms with Crippen LogP contribution >= 0.6 is 0 Å². The number of fused-ring (bicyclic) bond motifs is 2. The second kappa shape index (κ2) is 12.9. The van der Waals surface area contributed by atoms with Gasteiger partial charge in [-0.1, -0.05) is 13.8 Å². The number of rotatable bonds is 11. The van der Waals surface area contributed by atoms with Gasteiger partial charge in [-0.3, -0.25) is 19.4 Å². The third kappa shape index (κ3) is 8.01. The number of alkyl carbamates (subject to hydrolysis) is 1. The molecule has 2 N–H and O–H groups in total. The lowest BCUT2D eigenvalue weighted by atomic mass is 9.86. The van der Waals surface area contributed by atoms with Crippen molar-refractivity contribution in [3.05, 3.63) is 29.6 Å². The predicted octanol–water partition coefficient (Wildman–Crippen LogP) is 0.812. The molecule has 2 atom stereocenters. The number of ketones is 2. The minimum Gasteiger partial charge on any atom is -0.447 e.